The first-order chi connectivity index (χ1) is 8.89. The van der Waals surface area contributed by atoms with Gasteiger partial charge in [0.15, 0.2) is 0 Å². The highest BCUT2D eigenvalue weighted by Gasteiger charge is 2.47. The number of halogens is 4. The third-order valence-electron chi connectivity index (χ3n) is 4.46. The molecule has 1 aliphatic carbocycles. The van der Waals surface area contributed by atoms with E-state index in [1.54, 1.807) is 6.92 Å². The summed E-state index contributed by atoms with van der Waals surface area (Å²) >= 11 is 0. The van der Waals surface area contributed by atoms with E-state index in [1.807, 2.05) is 0 Å². The molecular weight excluding hydrogens is 293 g/mol. The Hall–Kier alpha value is -0.490. The predicted octanol–water partition coefficient (Wildman–Crippen LogP) is 2.50. The SMILES string of the molecule is CC(C(=O)NC(C1CCCC1)C(F)(F)F)C1CNC1.Cl. The van der Waals surface area contributed by atoms with Crippen LogP contribution in [0.25, 0.3) is 0 Å². The number of hydrogen-bond donors (Lipinski definition) is 2. The van der Waals surface area contributed by atoms with E-state index in [-0.39, 0.29) is 24.2 Å². The van der Waals surface area contributed by atoms with Crippen molar-refractivity contribution >= 4 is 18.3 Å². The molecule has 2 unspecified atom stereocenters. The summed E-state index contributed by atoms with van der Waals surface area (Å²) in [5.41, 5.74) is 0. The molecule has 7 heteroatoms. The molecule has 0 aromatic heterocycles. The highest BCUT2D eigenvalue weighted by molar-refractivity contribution is 5.85. The second-order valence-corrected chi connectivity index (χ2v) is 5.78. The van der Waals surface area contributed by atoms with Gasteiger partial charge in [0.2, 0.25) is 5.91 Å². The van der Waals surface area contributed by atoms with Crippen molar-refractivity contribution in [3.63, 3.8) is 0 Å². The highest BCUT2D eigenvalue weighted by Crippen LogP contribution is 2.36. The maximum absolute atomic E-state index is 13.1. The lowest BCUT2D eigenvalue weighted by Gasteiger charge is -2.34. The minimum atomic E-state index is -4.34. The molecule has 0 spiro atoms. The number of carbonyl (C=O) groups is 1. The normalized spacial score (nSPS) is 23.6. The lowest BCUT2D eigenvalue weighted by molar-refractivity contribution is -0.173. The largest absolute Gasteiger partial charge is 0.408 e. The molecule has 0 aromatic rings. The van der Waals surface area contributed by atoms with Gasteiger partial charge in [0, 0.05) is 5.92 Å². The van der Waals surface area contributed by atoms with Crippen molar-refractivity contribution in [3.8, 4) is 0 Å². The molecule has 2 aliphatic rings. The van der Waals surface area contributed by atoms with Crippen LogP contribution in [0.1, 0.15) is 32.6 Å². The van der Waals surface area contributed by atoms with Crippen molar-refractivity contribution in [2.45, 2.75) is 44.8 Å². The molecule has 2 atom stereocenters. The van der Waals surface area contributed by atoms with Gasteiger partial charge in [-0.15, -0.1) is 12.4 Å². The maximum Gasteiger partial charge on any atom is 0.408 e. The fourth-order valence-corrected chi connectivity index (χ4v) is 2.92. The lowest BCUT2D eigenvalue weighted by Crippen LogP contribution is -2.55. The molecule has 1 saturated heterocycles. The van der Waals surface area contributed by atoms with Gasteiger partial charge < -0.3 is 10.6 Å². The van der Waals surface area contributed by atoms with E-state index in [0.29, 0.717) is 25.9 Å². The minimum absolute atomic E-state index is 0. The van der Waals surface area contributed by atoms with Crippen molar-refractivity contribution in [2.24, 2.45) is 17.8 Å². The zero-order valence-corrected chi connectivity index (χ0v) is 12.3. The maximum atomic E-state index is 13.1. The van der Waals surface area contributed by atoms with Crippen LogP contribution in [0.4, 0.5) is 13.2 Å². The first-order valence-corrected chi connectivity index (χ1v) is 6.97. The van der Waals surface area contributed by atoms with E-state index in [1.165, 1.54) is 0 Å². The second kappa shape index (κ2) is 6.98. The van der Waals surface area contributed by atoms with Gasteiger partial charge in [0.05, 0.1) is 0 Å². The Morgan fingerprint density at radius 3 is 2.15 bits per heavy atom. The number of amides is 1. The van der Waals surface area contributed by atoms with Crippen LogP contribution in [0.2, 0.25) is 0 Å². The van der Waals surface area contributed by atoms with Crippen molar-refractivity contribution < 1.29 is 18.0 Å². The topological polar surface area (TPSA) is 41.1 Å². The number of carbonyl (C=O) groups excluding carboxylic acids is 1. The summed E-state index contributed by atoms with van der Waals surface area (Å²) in [6.45, 7) is 3.15. The van der Waals surface area contributed by atoms with E-state index >= 15 is 0 Å². The van der Waals surface area contributed by atoms with Gasteiger partial charge >= 0.3 is 6.18 Å². The highest BCUT2D eigenvalue weighted by atomic mass is 35.5. The number of rotatable bonds is 4. The fourth-order valence-electron chi connectivity index (χ4n) is 2.92. The van der Waals surface area contributed by atoms with Gasteiger partial charge in [-0.1, -0.05) is 19.8 Å². The third kappa shape index (κ3) is 4.01. The standard InChI is InChI=1S/C13H21F3N2O.ClH/c1-8(10-6-17-7-10)12(19)18-11(13(14,15)16)9-4-2-3-5-9;/h8-11,17H,2-7H2,1H3,(H,18,19);1H. The number of nitrogens with one attached hydrogen (secondary N) is 2. The zero-order valence-electron chi connectivity index (χ0n) is 11.5. The third-order valence-corrected chi connectivity index (χ3v) is 4.46. The molecule has 3 nitrogen and oxygen atoms in total. The van der Waals surface area contributed by atoms with Crippen LogP contribution in [0.15, 0.2) is 0 Å². The summed E-state index contributed by atoms with van der Waals surface area (Å²) in [6.07, 6.45) is -1.57. The number of hydrogen-bond acceptors (Lipinski definition) is 2. The van der Waals surface area contributed by atoms with Crippen LogP contribution in [0.3, 0.4) is 0 Å². The van der Waals surface area contributed by atoms with Crippen LogP contribution < -0.4 is 10.6 Å². The van der Waals surface area contributed by atoms with Crippen LogP contribution in [0, 0.1) is 17.8 Å². The van der Waals surface area contributed by atoms with E-state index < -0.39 is 24.0 Å². The molecule has 1 saturated carbocycles. The summed E-state index contributed by atoms with van der Waals surface area (Å²) in [5.74, 6) is -1.10. The van der Waals surface area contributed by atoms with E-state index in [2.05, 4.69) is 10.6 Å². The van der Waals surface area contributed by atoms with Crippen LogP contribution in [0.5, 0.6) is 0 Å². The van der Waals surface area contributed by atoms with Crippen LogP contribution in [-0.4, -0.2) is 31.2 Å². The van der Waals surface area contributed by atoms with Crippen molar-refractivity contribution in [2.75, 3.05) is 13.1 Å². The predicted molar refractivity (Wildman–Crippen MR) is 72.7 cm³/mol. The summed E-state index contributed by atoms with van der Waals surface area (Å²) in [7, 11) is 0. The summed E-state index contributed by atoms with van der Waals surface area (Å²) in [5, 5.41) is 5.29. The van der Waals surface area contributed by atoms with Gasteiger partial charge in [0.25, 0.3) is 0 Å². The average molecular weight is 315 g/mol. The van der Waals surface area contributed by atoms with Gasteiger partial charge in [-0.2, -0.15) is 13.2 Å². The Balaban J connectivity index is 0.00000200. The Kier molecular flexibility index (Phi) is 6.13. The van der Waals surface area contributed by atoms with Crippen molar-refractivity contribution in [1.82, 2.24) is 10.6 Å². The molecule has 1 aliphatic heterocycles. The summed E-state index contributed by atoms with van der Waals surface area (Å²) in [4.78, 5) is 12.0. The number of alkyl halides is 3. The lowest BCUT2D eigenvalue weighted by atomic mass is 9.87. The van der Waals surface area contributed by atoms with Gasteiger partial charge in [-0.25, -0.2) is 0 Å². The van der Waals surface area contributed by atoms with Gasteiger partial charge in [0.1, 0.15) is 6.04 Å². The zero-order chi connectivity index (χ0) is 14.0. The van der Waals surface area contributed by atoms with Crippen LogP contribution in [-0.2, 0) is 4.79 Å². The van der Waals surface area contributed by atoms with Crippen molar-refractivity contribution in [3.05, 3.63) is 0 Å². The molecule has 0 aromatic carbocycles. The monoisotopic (exact) mass is 314 g/mol. The molecule has 2 N–H and O–H groups in total. The Bertz CT molecular complexity index is 328. The molecule has 1 amide bonds. The van der Waals surface area contributed by atoms with Gasteiger partial charge in [-0.05, 0) is 37.8 Å². The minimum Gasteiger partial charge on any atom is -0.344 e. The molecular formula is C13H22ClF3N2O. The Labute approximate surface area is 123 Å². The Morgan fingerprint density at radius 2 is 1.75 bits per heavy atom. The first-order valence-electron chi connectivity index (χ1n) is 6.97. The van der Waals surface area contributed by atoms with E-state index in [0.717, 1.165) is 12.8 Å². The second-order valence-electron chi connectivity index (χ2n) is 5.78. The van der Waals surface area contributed by atoms with Gasteiger partial charge in [-0.3, -0.25) is 4.79 Å². The van der Waals surface area contributed by atoms with Crippen LogP contribution >= 0.6 is 12.4 Å². The fraction of sp³-hybridized carbons (Fsp3) is 0.923. The smallest absolute Gasteiger partial charge is 0.344 e. The molecule has 0 radical (unpaired) electrons. The summed E-state index contributed by atoms with van der Waals surface area (Å²) < 4.78 is 39.2. The quantitative estimate of drug-likeness (QED) is 0.837. The average Bonchev–Trinajstić information content (AvgIpc) is 2.74. The molecule has 2 fully saturated rings. The molecule has 1 heterocycles. The molecule has 2 rings (SSSR count). The van der Waals surface area contributed by atoms with E-state index in [9.17, 15) is 18.0 Å². The molecule has 20 heavy (non-hydrogen) atoms. The first kappa shape index (κ1) is 17.6. The molecule has 0 bridgehead atoms. The molecule has 118 valence electrons. The van der Waals surface area contributed by atoms with E-state index in [4.69, 9.17) is 0 Å². The Morgan fingerprint density at radius 1 is 1.20 bits per heavy atom. The summed E-state index contributed by atoms with van der Waals surface area (Å²) in [6, 6.07) is -1.67. The van der Waals surface area contributed by atoms with Crippen molar-refractivity contribution in [1.29, 1.82) is 0 Å².